The molecule has 0 saturated heterocycles. The lowest BCUT2D eigenvalue weighted by atomic mass is 10.1. The van der Waals surface area contributed by atoms with Gasteiger partial charge in [0.15, 0.2) is 0 Å². The van der Waals surface area contributed by atoms with E-state index < -0.39 is 12.0 Å². The standard InChI is InChI=1S/C10H13NO4/c1-15-11-9(10(13)14)6-7-2-4-8(12)5-3-7/h2-5,9,11-12H,6H2,1H3,(H,13,14)/t9-/m1/s1. The van der Waals surface area contributed by atoms with Crippen molar-refractivity contribution < 1.29 is 19.8 Å². The number of aliphatic carboxylic acids is 1. The zero-order valence-corrected chi connectivity index (χ0v) is 8.30. The lowest BCUT2D eigenvalue weighted by Gasteiger charge is -2.12. The largest absolute Gasteiger partial charge is 0.508 e. The summed E-state index contributed by atoms with van der Waals surface area (Å²) in [4.78, 5) is 15.3. The molecule has 0 heterocycles. The van der Waals surface area contributed by atoms with Crippen molar-refractivity contribution in [2.24, 2.45) is 0 Å². The molecule has 0 spiro atoms. The number of carbonyl (C=O) groups is 1. The molecule has 0 radical (unpaired) electrons. The number of carboxylic acids is 1. The number of hydroxylamine groups is 1. The van der Waals surface area contributed by atoms with E-state index in [1.807, 2.05) is 0 Å². The van der Waals surface area contributed by atoms with Crippen molar-refractivity contribution in [1.29, 1.82) is 0 Å². The van der Waals surface area contributed by atoms with Crippen LogP contribution in [0.1, 0.15) is 5.56 Å². The molecule has 0 aliphatic carbocycles. The van der Waals surface area contributed by atoms with Crippen LogP contribution in [0.4, 0.5) is 0 Å². The molecule has 0 amide bonds. The maximum Gasteiger partial charge on any atom is 0.323 e. The number of rotatable bonds is 5. The number of hydrogen-bond acceptors (Lipinski definition) is 4. The molecular formula is C10H13NO4. The maximum atomic E-state index is 10.8. The summed E-state index contributed by atoms with van der Waals surface area (Å²) in [5, 5.41) is 17.9. The Labute approximate surface area is 87.3 Å². The molecule has 1 aromatic rings. The minimum atomic E-state index is -0.982. The predicted octanol–water partition coefficient (Wildman–Crippen LogP) is 0.539. The minimum absolute atomic E-state index is 0.158. The first-order valence-electron chi connectivity index (χ1n) is 4.42. The molecule has 0 fully saturated rings. The summed E-state index contributed by atoms with van der Waals surface area (Å²) in [6.07, 6.45) is 0.295. The van der Waals surface area contributed by atoms with Crippen LogP contribution >= 0.6 is 0 Å². The van der Waals surface area contributed by atoms with E-state index in [-0.39, 0.29) is 5.75 Å². The van der Waals surface area contributed by atoms with Crippen molar-refractivity contribution in [3.63, 3.8) is 0 Å². The fraction of sp³-hybridized carbons (Fsp3) is 0.300. The number of carboxylic acid groups (broad SMARTS) is 1. The Morgan fingerprint density at radius 1 is 1.47 bits per heavy atom. The number of phenols is 1. The van der Waals surface area contributed by atoms with E-state index in [4.69, 9.17) is 10.2 Å². The Morgan fingerprint density at radius 3 is 2.53 bits per heavy atom. The van der Waals surface area contributed by atoms with Gasteiger partial charge in [-0.25, -0.2) is 0 Å². The number of benzene rings is 1. The first kappa shape index (κ1) is 11.5. The van der Waals surface area contributed by atoms with Gasteiger partial charge in [0, 0.05) is 6.42 Å². The van der Waals surface area contributed by atoms with Gasteiger partial charge in [0.2, 0.25) is 0 Å². The third-order valence-corrected chi connectivity index (χ3v) is 1.93. The number of hydrogen-bond donors (Lipinski definition) is 3. The first-order chi connectivity index (χ1) is 7.13. The Balaban J connectivity index is 2.65. The zero-order valence-electron chi connectivity index (χ0n) is 8.30. The summed E-state index contributed by atoms with van der Waals surface area (Å²) in [5.74, 6) is -0.824. The summed E-state index contributed by atoms with van der Waals surface area (Å²) in [7, 11) is 1.37. The number of aromatic hydroxyl groups is 1. The van der Waals surface area contributed by atoms with Crippen molar-refractivity contribution in [3.05, 3.63) is 29.8 Å². The van der Waals surface area contributed by atoms with Gasteiger partial charge in [-0.1, -0.05) is 12.1 Å². The predicted molar refractivity (Wildman–Crippen MR) is 53.4 cm³/mol. The van der Waals surface area contributed by atoms with E-state index in [0.717, 1.165) is 5.56 Å². The summed E-state index contributed by atoms with van der Waals surface area (Å²) in [6.45, 7) is 0. The van der Waals surface area contributed by atoms with Crippen molar-refractivity contribution in [2.45, 2.75) is 12.5 Å². The second kappa shape index (κ2) is 5.33. The Hall–Kier alpha value is -1.59. The van der Waals surface area contributed by atoms with E-state index >= 15 is 0 Å². The van der Waals surface area contributed by atoms with Gasteiger partial charge in [0.25, 0.3) is 0 Å². The molecule has 0 aromatic heterocycles. The summed E-state index contributed by atoms with van der Waals surface area (Å²) in [5.41, 5.74) is 3.19. The lowest BCUT2D eigenvalue weighted by molar-refractivity contribution is -0.143. The first-order valence-corrected chi connectivity index (χ1v) is 4.42. The molecule has 15 heavy (non-hydrogen) atoms. The van der Waals surface area contributed by atoms with E-state index in [2.05, 4.69) is 10.3 Å². The summed E-state index contributed by atoms with van der Waals surface area (Å²) < 4.78 is 0. The van der Waals surface area contributed by atoms with E-state index in [1.54, 1.807) is 12.1 Å². The monoisotopic (exact) mass is 211 g/mol. The molecule has 1 rings (SSSR count). The van der Waals surface area contributed by atoms with Gasteiger partial charge in [0.1, 0.15) is 11.8 Å². The maximum absolute atomic E-state index is 10.8. The van der Waals surface area contributed by atoms with Crippen molar-refractivity contribution >= 4 is 5.97 Å². The fourth-order valence-electron chi connectivity index (χ4n) is 1.19. The van der Waals surface area contributed by atoms with Gasteiger partial charge >= 0.3 is 5.97 Å². The van der Waals surface area contributed by atoms with Crippen LogP contribution in [0.5, 0.6) is 5.75 Å². The van der Waals surface area contributed by atoms with Crippen LogP contribution in [0.2, 0.25) is 0 Å². The quantitative estimate of drug-likeness (QED) is 0.619. The lowest BCUT2D eigenvalue weighted by Crippen LogP contribution is -2.37. The van der Waals surface area contributed by atoms with Crippen molar-refractivity contribution in [2.75, 3.05) is 7.11 Å². The molecule has 5 nitrogen and oxygen atoms in total. The number of phenolic OH excluding ortho intramolecular Hbond substituents is 1. The van der Waals surface area contributed by atoms with Crippen LogP contribution in [0.15, 0.2) is 24.3 Å². The topological polar surface area (TPSA) is 78.8 Å². The SMILES string of the molecule is CON[C@H](Cc1ccc(O)cc1)C(=O)O. The molecule has 5 heteroatoms. The zero-order chi connectivity index (χ0) is 11.3. The summed E-state index contributed by atoms with van der Waals surface area (Å²) >= 11 is 0. The molecule has 0 aliphatic heterocycles. The summed E-state index contributed by atoms with van der Waals surface area (Å²) in [6, 6.07) is 5.58. The molecule has 1 atom stereocenters. The Morgan fingerprint density at radius 2 is 2.07 bits per heavy atom. The molecule has 0 saturated carbocycles. The fourth-order valence-corrected chi connectivity index (χ4v) is 1.19. The van der Waals surface area contributed by atoms with Gasteiger partial charge in [0.05, 0.1) is 7.11 Å². The highest BCUT2D eigenvalue weighted by atomic mass is 16.6. The van der Waals surface area contributed by atoms with E-state index in [0.29, 0.717) is 6.42 Å². The van der Waals surface area contributed by atoms with Crippen molar-refractivity contribution in [3.8, 4) is 5.75 Å². The van der Waals surface area contributed by atoms with Gasteiger partial charge in [-0.2, -0.15) is 5.48 Å². The highest BCUT2D eigenvalue weighted by Crippen LogP contribution is 2.11. The second-order valence-corrected chi connectivity index (χ2v) is 3.08. The van der Waals surface area contributed by atoms with Crippen LogP contribution in [0, 0.1) is 0 Å². The molecule has 0 unspecified atom stereocenters. The van der Waals surface area contributed by atoms with Gasteiger partial charge in [-0.05, 0) is 17.7 Å². The second-order valence-electron chi connectivity index (χ2n) is 3.08. The van der Waals surface area contributed by atoms with Gasteiger partial charge < -0.3 is 15.1 Å². The molecule has 1 aromatic carbocycles. The van der Waals surface area contributed by atoms with Crippen LogP contribution in [-0.2, 0) is 16.1 Å². The highest BCUT2D eigenvalue weighted by molar-refractivity contribution is 5.73. The minimum Gasteiger partial charge on any atom is -0.508 e. The van der Waals surface area contributed by atoms with Crippen LogP contribution in [0.25, 0.3) is 0 Å². The third kappa shape index (κ3) is 3.57. The van der Waals surface area contributed by atoms with E-state index in [9.17, 15) is 4.79 Å². The van der Waals surface area contributed by atoms with E-state index in [1.165, 1.54) is 19.2 Å². The molecule has 0 bridgehead atoms. The van der Waals surface area contributed by atoms with Crippen LogP contribution in [-0.4, -0.2) is 29.3 Å². The Bertz CT molecular complexity index is 323. The number of nitrogens with one attached hydrogen (secondary N) is 1. The van der Waals surface area contributed by atoms with Crippen LogP contribution < -0.4 is 5.48 Å². The molecule has 3 N–H and O–H groups in total. The van der Waals surface area contributed by atoms with Gasteiger partial charge in [-0.3, -0.25) is 4.79 Å². The molecular weight excluding hydrogens is 198 g/mol. The molecule has 82 valence electrons. The third-order valence-electron chi connectivity index (χ3n) is 1.93. The van der Waals surface area contributed by atoms with Gasteiger partial charge in [-0.15, -0.1) is 0 Å². The highest BCUT2D eigenvalue weighted by Gasteiger charge is 2.17. The average molecular weight is 211 g/mol. The smallest absolute Gasteiger partial charge is 0.323 e. The average Bonchev–Trinajstić information content (AvgIpc) is 2.20. The normalized spacial score (nSPS) is 12.3. The van der Waals surface area contributed by atoms with Crippen molar-refractivity contribution in [1.82, 2.24) is 5.48 Å². The Kier molecular flexibility index (Phi) is 4.08. The molecule has 0 aliphatic rings. The van der Waals surface area contributed by atoms with Crippen LogP contribution in [0.3, 0.4) is 0 Å².